The Hall–Kier alpha value is -1.33. The third kappa shape index (κ3) is 3.38. The first-order chi connectivity index (χ1) is 6.79. The van der Waals surface area contributed by atoms with E-state index in [1.54, 1.807) is 20.8 Å². The van der Waals surface area contributed by atoms with E-state index in [0.717, 1.165) is 0 Å². The first-order valence-electron chi connectivity index (χ1n) is 4.91. The molecule has 0 aromatic rings. The summed E-state index contributed by atoms with van der Waals surface area (Å²) in [5.74, 6) is 0. The van der Waals surface area contributed by atoms with E-state index in [2.05, 4.69) is 0 Å². The van der Waals surface area contributed by atoms with E-state index in [1.807, 2.05) is 0 Å². The average molecular weight is 216 g/mol. The molecule has 0 unspecified atom stereocenters. The highest BCUT2D eigenvalue weighted by atomic mass is 16.6. The van der Waals surface area contributed by atoms with Crippen molar-refractivity contribution in [1.29, 1.82) is 0 Å². The number of likely N-dealkylation sites (tertiary alicyclic amines) is 1. The van der Waals surface area contributed by atoms with Crippen molar-refractivity contribution in [2.75, 3.05) is 13.1 Å². The van der Waals surface area contributed by atoms with Gasteiger partial charge in [0.1, 0.15) is 5.60 Å². The largest absolute Gasteiger partial charge is 0.444 e. The van der Waals surface area contributed by atoms with Crippen LogP contribution in [0, 0.1) is 10.1 Å². The van der Waals surface area contributed by atoms with Crippen molar-refractivity contribution in [3.63, 3.8) is 0 Å². The van der Waals surface area contributed by atoms with E-state index in [-0.39, 0.29) is 11.5 Å². The Labute approximate surface area is 88.3 Å². The molecule has 0 saturated carbocycles. The Bertz CT molecular complexity index is 272. The number of carbonyl (C=O) groups excluding carboxylic acids is 1. The van der Waals surface area contributed by atoms with Crippen LogP contribution in [-0.4, -0.2) is 40.6 Å². The van der Waals surface area contributed by atoms with E-state index < -0.39 is 17.7 Å². The third-order valence-corrected chi connectivity index (χ3v) is 2.11. The van der Waals surface area contributed by atoms with Crippen LogP contribution in [0.3, 0.4) is 0 Å². The number of nitrogens with zero attached hydrogens (tertiary/aromatic N) is 2. The van der Waals surface area contributed by atoms with Crippen LogP contribution in [0.1, 0.15) is 27.2 Å². The fourth-order valence-corrected chi connectivity index (χ4v) is 1.41. The van der Waals surface area contributed by atoms with Crippen LogP contribution in [0.5, 0.6) is 0 Å². The molecule has 6 heteroatoms. The van der Waals surface area contributed by atoms with Gasteiger partial charge in [-0.05, 0) is 20.8 Å². The summed E-state index contributed by atoms with van der Waals surface area (Å²) in [7, 11) is 0. The van der Waals surface area contributed by atoms with E-state index >= 15 is 0 Å². The minimum absolute atomic E-state index is 0.155. The van der Waals surface area contributed by atoms with Gasteiger partial charge in [-0.15, -0.1) is 0 Å². The van der Waals surface area contributed by atoms with Crippen LogP contribution in [0.15, 0.2) is 0 Å². The molecule has 6 nitrogen and oxygen atoms in total. The van der Waals surface area contributed by atoms with E-state index in [9.17, 15) is 14.9 Å². The van der Waals surface area contributed by atoms with Crippen LogP contribution >= 0.6 is 0 Å². The SMILES string of the molecule is CC(C)(C)OC(=O)N1CC[C@@H]([N+](=O)[O-])C1. The molecule has 0 aliphatic carbocycles. The van der Waals surface area contributed by atoms with Crippen molar-refractivity contribution < 1.29 is 14.5 Å². The van der Waals surface area contributed by atoms with Crippen molar-refractivity contribution in [1.82, 2.24) is 4.90 Å². The summed E-state index contributed by atoms with van der Waals surface area (Å²) in [6.45, 7) is 5.87. The normalized spacial score (nSPS) is 21.5. The number of carbonyl (C=O) groups is 1. The predicted molar refractivity (Wildman–Crippen MR) is 53.2 cm³/mol. The average Bonchev–Trinajstić information content (AvgIpc) is 2.47. The zero-order chi connectivity index (χ0) is 11.6. The minimum Gasteiger partial charge on any atom is -0.444 e. The zero-order valence-electron chi connectivity index (χ0n) is 9.23. The van der Waals surface area contributed by atoms with Crippen LogP contribution < -0.4 is 0 Å². The van der Waals surface area contributed by atoms with Gasteiger partial charge in [0.15, 0.2) is 0 Å². The first kappa shape index (κ1) is 11.7. The molecule has 0 radical (unpaired) electrons. The van der Waals surface area contributed by atoms with Gasteiger partial charge in [0.25, 0.3) is 0 Å². The lowest BCUT2D eigenvalue weighted by Gasteiger charge is -2.23. The smallest absolute Gasteiger partial charge is 0.410 e. The Morgan fingerprint density at radius 1 is 1.53 bits per heavy atom. The van der Waals surface area contributed by atoms with Crippen LogP contribution in [0.25, 0.3) is 0 Å². The monoisotopic (exact) mass is 216 g/mol. The molecule has 0 bridgehead atoms. The lowest BCUT2D eigenvalue weighted by atomic mass is 10.2. The van der Waals surface area contributed by atoms with Crippen molar-refractivity contribution in [2.45, 2.75) is 38.8 Å². The molecule has 0 N–H and O–H groups in total. The third-order valence-electron chi connectivity index (χ3n) is 2.11. The molecular formula is C9H16N2O4. The van der Waals surface area contributed by atoms with E-state index in [4.69, 9.17) is 4.74 Å². The fourth-order valence-electron chi connectivity index (χ4n) is 1.41. The second-order valence-corrected chi connectivity index (χ2v) is 4.65. The van der Waals surface area contributed by atoms with Gasteiger partial charge in [-0.25, -0.2) is 4.79 Å². The Morgan fingerprint density at radius 2 is 2.13 bits per heavy atom. The maximum Gasteiger partial charge on any atom is 0.410 e. The Morgan fingerprint density at radius 3 is 2.53 bits per heavy atom. The highest BCUT2D eigenvalue weighted by Crippen LogP contribution is 2.16. The van der Waals surface area contributed by atoms with E-state index in [1.165, 1.54) is 4.90 Å². The molecule has 1 amide bonds. The van der Waals surface area contributed by atoms with Crippen molar-refractivity contribution >= 4 is 6.09 Å². The molecule has 1 aliphatic heterocycles. The molecule has 1 atom stereocenters. The molecule has 15 heavy (non-hydrogen) atoms. The molecule has 86 valence electrons. The maximum absolute atomic E-state index is 11.5. The number of ether oxygens (including phenoxy) is 1. The van der Waals surface area contributed by atoms with E-state index in [0.29, 0.717) is 13.0 Å². The van der Waals surface area contributed by atoms with Crippen molar-refractivity contribution in [3.05, 3.63) is 10.1 Å². The van der Waals surface area contributed by atoms with Gasteiger partial charge in [-0.1, -0.05) is 0 Å². The molecule has 1 heterocycles. The van der Waals surface area contributed by atoms with Crippen LogP contribution in [0.2, 0.25) is 0 Å². The second kappa shape index (κ2) is 4.04. The van der Waals surface area contributed by atoms with Crippen LogP contribution in [-0.2, 0) is 4.74 Å². The molecule has 0 spiro atoms. The van der Waals surface area contributed by atoms with Gasteiger partial charge < -0.3 is 9.64 Å². The lowest BCUT2D eigenvalue weighted by molar-refractivity contribution is -0.517. The Kier molecular flexibility index (Phi) is 3.16. The number of hydrogen-bond donors (Lipinski definition) is 0. The summed E-state index contributed by atoms with van der Waals surface area (Å²) < 4.78 is 5.11. The van der Waals surface area contributed by atoms with Gasteiger partial charge in [0.2, 0.25) is 6.04 Å². The Balaban J connectivity index is 2.47. The molecule has 1 saturated heterocycles. The standard InChI is InChI=1S/C9H16N2O4/c1-9(2,3)15-8(12)10-5-4-7(6-10)11(13)14/h7H,4-6H2,1-3H3/t7-/m1/s1. The molecular weight excluding hydrogens is 200 g/mol. The number of rotatable bonds is 1. The maximum atomic E-state index is 11.5. The minimum atomic E-state index is -0.641. The van der Waals surface area contributed by atoms with Gasteiger partial charge in [0.05, 0.1) is 6.54 Å². The van der Waals surface area contributed by atoms with Gasteiger partial charge in [-0.2, -0.15) is 0 Å². The zero-order valence-corrected chi connectivity index (χ0v) is 9.23. The van der Waals surface area contributed by atoms with Crippen molar-refractivity contribution in [3.8, 4) is 0 Å². The summed E-state index contributed by atoms with van der Waals surface area (Å²) in [5, 5.41) is 10.5. The molecule has 0 aromatic heterocycles. The molecule has 1 fully saturated rings. The molecule has 1 aliphatic rings. The lowest BCUT2D eigenvalue weighted by Crippen LogP contribution is -2.36. The number of hydrogen-bond acceptors (Lipinski definition) is 4. The van der Waals surface area contributed by atoms with Gasteiger partial charge in [-0.3, -0.25) is 10.1 Å². The van der Waals surface area contributed by atoms with Gasteiger partial charge >= 0.3 is 6.09 Å². The van der Waals surface area contributed by atoms with Crippen LogP contribution in [0.4, 0.5) is 4.79 Å². The summed E-state index contributed by atoms with van der Waals surface area (Å²) in [5.41, 5.74) is -0.552. The molecule has 1 rings (SSSR count). The highest BCUT2D eigenvalue weighted by Gasteiger charge is 2.35. The summed E-state index contributed by atoms with van der Waals surface area (Å²) in [6.07, 6.45) is -0.0569. The second-order valence-electron chi connectivity index (χ2n) is 4.65. The summed E-state index contributed by atoms with van der Waals surface area (Å²) in [4.78, 5) is 23.0. The summed E-state index contributed by atoms with van der Waals surface area (Å²) in [6, 6.07) is -0.641. The highest BCUT2D eigenvalue weighted by molar-refractivity contribution is 5.68. The first-order valence-corrected chi connectivity index (χ1v) is 4.91. The number of amides is 1. The molecule has 0 aromatic carbocycles. The fraction of sp³-hybridized carbons (Fsp3) is 0.889. The van der Waals surface area contributed by atoms with Gasteiger partial charge in [0, 0.05) is 17.9 Å². The topological polar surface area (TPSA) is 72.7 Å². The quantitative estimate of drug-likeness (QED) is 0.488. The number of nitro groups is 1. The van der Waals surface area contributed by atoms with Crippen molar-refractivity contribution in [2.24, 2.45) is 0 Å². The predicted octanol–water partition coefficient (Wildman–Crippen LogP) is 1.27. The summed E-state index contributed by atoms with van der Waals surface area (Å²) >= 11 is 0.